The van der Waals surface area contributed by atoms with E-state index in [0.29, 0.717) is 15.9 Å². The zero-order chi connectivity index (χ0) is 13.9. The fraction of sp³-hybridized carbons (Fsp3) is 0.462. The molecule has 100 valence electrons. The summed E-state index contributed by atoms with van der Waals surface area (Å²) >= 11 is 3.41. The van der Waals surface area contributed by atoms with E-state index >= 15 is 0 Å². The number of aryl methyl sites for hydroxylation is 1. The SMILES string of the molecule is COc1ccc(C)c(NC(=O)OC(C)(C)C)c1Br. The number of carbonyl (C=O) groups is 1. The molecule has 0 heterocycles. The number of ether oxygens (including phenoxy) is 2. The number of carbonyl (C=O) groups excluding carboxylic acids is 1. The Kier molecular flexibility index (Phi) is 4.62. The van der Waals surface area contributed by atoms with Crippen molar-refractivity contribution in [1.82, 2.24) is 0 Å². The van der Waals surface area contributed by atoms with E-state index in [9.17, 15) is 4.79 Å². The average molecular weight is 316 g/mol. The average Bonchev–Trinajstić information content (AvgIpc) is 2.22. The van der Waals surface area contributed by atoms with E-state index in [1.54, 1.807) is 7.11 Å². The van der Waals surface area contributed by atoms with Gasteiger partial charge in [0, 0.05) is 0 Å². The summed E-state index contributed by atoms with van der Waals surface area (Å²) in [5.41, 5.74) is 1.06. The van der Waals surface area contributed by atoms with Gasteiger partial charge in [-0.25, -0.2) is 4.79 Å². The van der Waals surface area contributed by atoms with Crippen molar-refractivity contribution >= 4 is 27.7 Å². The molecule has 0 saturated carbocycles. The quantitative estimate of drug-likeness (QED) is 0.893. The molecule has 1 amide bonds. The maximum atomic E-state index is 11.7. The number of rotatable bonds is 2. The summed E-state index contributed by atoms with van der Waals surface area (Å²) in [5, 5.41) is 2.72. The highest BCUT2D eigenvalue weighted by atomic mass is 79.9. The molecule has 4 nitrogen and oxygen atoms in total. The van der Waals surface area contributed by atoms with Gasteiger partial charge in [0.1, 0.15) is 11.4 Å². The van der Waals surface area contributed by atoms with Gasteiger partial charge in [0.2, 0.25) is 0 Å². The van der Waals surface area contributed by atoms with Crippen LogP contribution in [0.4, 0.5) is 10.5 Å². The van der Waals surface area contributed by atoms with Crippen LogP contribution in [0.1, 0.15) is 26.3 Å². The molecule has 0 aliphatic carbocycles. The third-order valence-corrected chi connectivity index (χ3v) is 2.95. The minimum atomic E-state index is -0.524. The van der Waals surface area contributed by atoms with Crippen LogP contribution in [0.15, 0.2) is 16.6 Å². The van der Waals surface area contributed by atoms with Gasteiger partial charge in [-0.1, -0.05) is 6.07 Å². The number of benzene rings is 1. The summed E-state index contributed by atoms with van der Waals surface area (Å²) in [4.78, 5) is 11.7. The van der Waals surface area contributed by atoms with Crippen LogP contribution in [0.2, 0.25) is 0 Å². The molecular formula is C13H18BrNO3. The minimum Gasteiger partial charge on any atom is -0.495 e. The Morgan fingerprint density at radius 1 is 1.33 bits per heavy atom. The van der Waals surface area contributed by atoms with Crippen molar-refractivity contribution in [2.75, 3.05) is 12.4 Å². The third-order valence-electron chi connectivity index (χ3n) is 2.16. The lowest BCUT2D eigenvalue weighted by Gasteiger charge is -2.21. The lowest BCUT2D eigenvalue weighted by atomic mass is 10.2. The fourth-order valence-electron chi connectivity index (χ4n) is 1.37. The number of anilines is 1. The molecule has 0 atom stereocenters. The first-order valence-electron chi connectivity index (χ1n) is 5.57. The molecule has 0 radical (unpaired) electrons. The Labute approximate surface area is 116 Å². The number of nitrogens with one attached hydrogen (secondary N) is 1. The molecule has 1 aromatic carbocycles. The maximum Gasteiger partial charge on any atom is 0.412 e. The first-order chi connectivity index (χ1) is 8.24. The van der Waals surface area contributed by atoms with Crippen molar-refractivity contribution in [1.29, 1.82) is 0 Å². The highest BCUT2D eigenvalue weighted by Crippen LogP contribution is 2.35. The second-order valence-electron chi connectivity index (χ2n) is 4.90. The molecule has 1 rings (SSSR count). The first-order valence-corrected chi connectivity index (χ1v) is 6.37. The zero-order valence-electron chi connectivity index (χ0n) is 11.3. The molecule has 0 aliphatic heterocycles. The smallest absolute Gasteiger partial charge is 0.412 e. The van der Waals surface area contributed by atoms with Crippen LogP contribution < -0.4 is 10.1 Å². The molecule has 0 saturated heterocycles. The van der Waals surface area contributed by atoms with Crippen molar-refractivity contribution in [2.24, 2.45) is 0 Å². The molecule has 0 aliphatic rings. The van der Waals surface area contributed by atoms with Crippen LogP contribution >= 0.6 is 15.9 Å². The van der Waals surface area contributed by atoms with Crippen molar-refractivity contribution in [3.63, 3.8) is 0 Å². The predicted octanol–water partition coefficient (Wildman–Crippen LogP) is 4.11. The highest BCUT2D eigenvalue weighted by molar-refractivity contribution is 9.10. The number of hydrogen-bond acceptors (Lipinski definition) is 3. The number of amides is 1. The second kappa shape index (κ2) is 5.61. The molecule has 18 heavy (non-hydrogen) atoms. The summed E-state index contributed by atoms with van der Waals surface area (Å²) in [6, 6.07) is 3.70. The van der Waals surface area contributed by atoms with Crippen LogP contribution in [0.3, 0.4) is 0 Å². The lowest BCUT2D eigenvalue weighted by molar-refractivity contribution is 0.0635. The Morgan fingerprint density at radius 2 is 1.94 bits per heavy atom. The standard InChI is InChI=1S/C13H18BrNO3/c1-8-6-7-9(17-5)10(14)11(8)15-12(16)18-13(2,3)4/h6-7H,1-5H3,(H,15,16). The van der Waals surface area contributed by atoms with Gasteiger partial charge in [-0.3, -0.25) is 5.32 Å². The maximum absolute atomic E-state index is 11.7. The largest absolute Gasteiger partial charge is 0.495 e. The lowest BCUT2D eigenvalue weighted by Crippen LogP contribution is -2.27. The van der Waals surface area contributed by atoms with E-state index in [0.717, 1.165) is 5.56 Å². The van der Waals surface area contributed by atoms with Gasteiger partial charge in [-0.2, -0.15) is 0 Å². The van der Waals surface area contributed by atoms with Crippen molar-refractivity contribution < 1.29 is 14.3 Å². The molecule has 1 N–H and O–H groups in total. The first kappa shape index (κ1) is 14.8. The van der Waals surface area contributed by atoms with Crippen molar-refractivity contribution in [2.45, 2.75) is 33.3 Å². The van der Waals surface area contributed by atoms with Crippen LogP contribution in [0.5, 0.6) is 5.75 Å². The van der Waals surface area contributed by atoms with E-state index in [2.05, 4.69) is 21.2 Å². The van der Waals surface area contributed by atoms with Gasteiger partial charge in [-0.15, -0.1) is 0 Å². The summed E-state index contributed by atoms with van der Waals surface area (Å²) in [5.74, 6) is 0.659. The van der Waals surface area contributed by atoms with Gasteiger partial charge in [0.15, 0.2) is 0 Å². The van der Waals surface area contributed by atoms with Gasteiger partial charge in [0.25, 0.3) is 0 Å². The van der Waals surface area contributed by atoms with Gasteiger partial charge < -0.3 is 9.47 Å². The van der Waals surface area contributed by atoms with Crippen LogP contribution in [0.25, 0.3) is 0 Å². The summed E-state index contributed by atoms with van der Waals surface area (Å²) in [7, 11) is 1.58. The molecule has 0 aromatic heterocycles. The van der Waals surface area contributed by atoms with Gasteiger partial charge >= 0.3 is 6.09 Å². The van der Waals surface area contributed by atoms with E-state index in [-0.39, 0.29) is 0 Å². The van der Waals surface area contributed by atoms with Crippen LogP contribution in [-0.4, -0.2) is 18.8 Å². The van der Waals surface area contributed by atoms with E-state index < -0.39 is 11.7 Å². The molecule has 0 fully saturated rings. The Balaban J connectivity index is 2.94. The fourth-order valence-corrected chi connectivity index (χ4v) is 2.08. The molecule has 5 heteroatoms. The highest BCUT2D eigenvalue weighted by Gasteiger charge is 2.18. The van der Waals surface area contributed by atoms with Crippen molar-refractivity contribution in [3.8, 4) is 5.75 Å². The number of halogens is 1. The Hall–Kier alpha value is -1.23. The normalized spacial score (nSPS) is 11.0. The second-order valence-corrected chi connectivity index (χ2v) is 5.69. The van der Waals surface area contributed by atoms with E-state index in [1.165, 1.54) is 0 Å². The van der Waals surface area contributed by atoms with E-state index in [4.69, 9.17) is 9.47 Å². The third kappa shape index (κ3) is 3.91. The number of methoxy groups -OCH3 is 1. The van der Waals surface area contributed by atoms with Crippen LogP contribution in [0, 0.1) is 6.92 Å². The molecule has 1 aromatic rings. The molecule has 0 bridgehead atoms. The Morgan fingerprint density at radius 3 is 2.44 bits per heavy atom. The minimum absolute atomic E-state index is 0.487. The topological polar surface area (TPSA) is 47.6 Å². The monoisotopic (exact) mass is 315 g/mol. The molecule has 0 spiro atoms. The Bertz CT molecular complexity index is 452. The molecule has 0 unspecified atom stereocenters. The summed E-state index contributed by atoms with van der Waals surface area (Å²) < 4.78 is 11.1. The molecular weight excluding hydrogens is 298 g/mol. The summed E-state index contributed by atoms with van der Waals surface area (Å²) in [6.45, 7) is 7.36. The van der Waals surface area contributed by atoms with E-state index in [1.807, 2.05) is 39.8 Å². The number of hydrogen-bond donors (Lipinski definition) is 1. The van der Waals surface area contributed by atoms with Crippen LogP contribution in [-0.2, 0) is 4.74 Å². The predicted molar refractivity (Wildman–Crippen MR) is 75.3 cm³/mol. The van der Waals surface area contributed by atoms with Gasteiger partial charge in [-0.05, 0) is 55.3 Å². The zero-order valence-corrected chi connectivity index (χ0v) is 12.8. The van der Waals surface area contributed by atoms with Crippen molar-refractivity contribution in [3.05, 3.63) is 22.2 Å². The van der Waals surface area contributed by atoms with Gasteiger partial charge in [0.05, 0.1) is 17.3 Å². The summed E-state index contributed by atoms with van der Waals surface area (Å²) in [6.07, 6.45) is -0.487.